The minimum Gasteiger partial charge on any atom is -0.476 e. The van der Waals surface area contributed by atoms with Crippen molar-refractivity contribution in [2.45, 2.75) is 18.1 Å². The highest BCUT2D eigenvalue weighted by Gasteiger charge is 2.25. The fourth-order valence-corrected chi connectivity index (χ4v) is 3.40. The Labute approximate surface area is 115 Å². The average Bonchev–Trinajstić information content (AvgIpc) is 2.77. The van der Waals surface area contributed by atoms with Crippen LogP contribution in [0.3, 0.4) is 0 Å². The summed E-state index contributed by atoms with van der Waals surface area (Å²) in [6.45, 7) is 4.84. The smallest absolute Gasteiger partial charge is 0.356 e. The van der Waals surface area contributed by atoms with Crippen LogP contribution in [0, 0.1) is 5.92 Å². The molecule has 0 radical (unpaired) electrons. The predicted octanol–water partition coefficient (Wildman–Crippen LogP) is 0.792. The summed E-state index contributed by atoms with van der Waals surface area (Å²) in [5.74, 6) is -0.991. The molecular weight excluding hydrogens is 292 g/mol. The lowest BCUT2D eigenvalue weighted by Gasteiger charge is -2.08. The molecule has 0 unspecified atom stereocenters. The van der Waals surface area contributed by atoms with E-state index in [1.54, 1.807) is 0 Å². The minimum absolute atomic E-state index is 0.0893. The maximum absolute atomic E-state index is 11.9. The normalized spacial score (nSPS) is 11.9. The highest BCUT2D eigenvalue weighted by atomic mass is 32.2. The summed E-state index contributed by atoms with van der Waals surface area (Å²) < 4.78 is 30.9. The van der Waals surface area contributed by atoms with Crippen molar-refractivity contribution in [1.29, 1.82) is 0 Å². The van der Waals surface area contributed by atoms with Crippen molar-refractivity contribution >= 4 is 27.3 Å². The van der Waals surface area contributed by atoms with Crippen molar-refractivity contribution in [3.05, 3.63) is 11.2 Å². The van der Waals surface area contributed by atoms with Gasteiger partial charge in [0.15, 0.2) is 9.90 Å². The van der Waals surface area contributed by atoms with Gasteiger partial charge in [0.2, 0.25) is 0 Å². The molecule has 0 aliphatic carbocycles. The van der Waals surface area contributed by atoms with E-state index in [1.165, 1.54) is 5.51 Å². The molecule has 1 heterocycles. The SMILES string of the molecule is CC(C)COCCNS(=O)(=O)c1scnc1C(=O)O. The quantitative estimate of drug-likeness (QED) is 0.688. The molecule has 0 spiro atoms. The summed E-state index contributed by atoms with van der Waals surface area (Å²) in [6, 6.07) is 0. The van der Waals surface area contributed by atoms with Crippen molar-refractivity contribution in [2.24, 2.45) is 5.92 Å². The molecule has 0 amide bonds. The molecule has 1 rings (SSSR count). The number of ether oxygens (including phenoxy) is 1. The maximum Gasteiger partial charge on any atom is 0.356 e. The van der Waals surface area contributed by atoms with Crippen LogP contribution in [-0.2, 0) is 14.8 Å². The zero-order chi connectivity index (χ0) is 14.5. The van der Waals surface area contributed by atoms with Crippen LogP contribution in [0.25, 0.3) is 0 Å². The van der Waals surface area contributed by atoms with E-state index in [-0.39, 0.29) is 17.4 Å². The molecule has 0 bridgehead atoms. The molecule has 0 fully saturated rings. The first-order chi connectivity index (χ1) is 8.84. The fraction of sp³-hybridized carbons (Fsp3) is 0.600. The standard InChI is InChI=1S/C10H16N2O5S2/c1-7(2)5-17-4-3-12-19(15,16)10-8(9(13)14)11-6-18-10/h6-7,12H,3-5H2,1-2H3,(H,13,14). The molecule has 0 aliphatic heterocycles. The molecule has 0 aliphatic rings. The van der Waals surface area contributed by atoms with E-state index in [0.29, 0.717) is 12.5 Å². The second-order valence-corrected chi connectivity index (χ2v) is 6.98. The van der Waals surface area contributed by atoms with Crippen LogP contribution < -0.4 is 4.72 Å². The van der Waals surface area contributed by atoms with Gasteiger partial charge >= 0.3 is 5.97 Å². The highest BCUT2D eigenvalue weighted by molar-refractivity contribution is 7.91. The number of nitrogens with one attached hydrogen (secondary N) is 1. The van der Waals surface area contributed by atoms with Gasteiger partial charge in [0.25, 0.3) is 10.0 Å². The molecule has 7 nitrogen and oxygen atoms in total. The first-order valence-electron chi connectivity index (χ1n) is 5.58. The summed E-state index contributed by atoms with van der Waals surface area (Å²) in [5, 5.41) is 8.82. The van der Waals surface area contributed by atoms with Gasteiger partial charge in [-0.25, -0.2) is 22.9 Å². The third-order valence-electron chi connectivity index (χ3n) is 1.97. The lowest BCUT2D eigenvalue weighted by molar-refractivity contribution is 0.0687. The van der Waals surface area contributed by atoms with Gasteiger partial charge in [-0.05, 0) is 5.92 Å². The molecule has 19 heavy (non-hydrogen) atoms. The summed E-state index contributed by atoms with van der Waals surface area (Å²) in [4.78, 5) is 14.3. The van der Waals surface area contributed by atoms with Crippen LogP contribution in [0.1, 0.15) is 24.3 Å². The summed E-state index contributed by atoms with van der Waals surface area (Å²) in [5.41, 5.74) is 0.730. The topological polar surface area (TPSA) is 106 Å². The van der Waals surface area contributed by atoms with Gasteiger partial charge in [-0.3, -0.25) is 0 Å². The monoisotopic (exact) mass is 308 g/mol. The fourth-order valence-electron chi connectivity index (χ4n) is 1.20. The number of sulfonamides is 1. The second-order valence-electron chi connectivity index (χ2n) is 4.16. The van der Waals surface area contributed by atoms with Gasteiger partial charge in [0.05, 0.1) is 12.1 Å². The predicted molar refractivity (Wildman–Crippen MR) is 69.9 cm³/mol. The Morgan fingerprint density at radius 3 is 2.84 bits per heavy atom. The van der Waals surface area contributed by atoms with Crippen LogP contribution >= 0.6 is 11.3 Å². The number of aromatic carboxylic acids is 1. The number of hydrogen-bond donors (Lipinski definition) is 2. The average molecular weight is 308 g/mol. The summed E-state index contributed by atoms with van der Waals surface area (Å²) in [7, 11) is -3.85. The number of hydrogen-bond acceptors (Lipinski definition) is 6. The number of rotatable bonds is 8. The van der Waals surface area contributed by atoms with Crippen LogP contribution in [0.15, 0.2) is 9.72 Å². The third-order valence-corrected chi connectivity index (χ3v) is 4.80. The summed E-state index contributed by atoms with van der Waals surface area (Å²) in [6.07, 6.45) is 0. The Kier molecular flexibility index (Phi) is 5.85. The van der Waals surface area contributed by atoms with Gasteiger partial charge in [0, 0.05) is 13.2 Å². The van der Waals surface area contributed by atoms with Gasteiger partial charge in [-0.15, -0.1) is 11.3 Å². The Bertz CT molecular complexity index is 524. The molecule has 9 heteroatoms. The molecule has 1 aromatic rings. The zero-order valence-electron chi connectivity index (χ0n) is 10.6. The molecule has 0 aromatic carbocycles. The largest absolute Gasteiger partial charge is 0.476 e. The van der Waals surface area contributed by atoms with Crippen LogP contribution in [0.5, 0.6) is 0 Å². The molecule has 0 saturated heterocycles. The first kappa shape index (κ1) is 16.0. The first-order valence-corrected chi connectivity index (χ1v) is 7.95. The minimum atomic E-state index is -3.85. The lowest BCUT2D eigenvalue weighted by Crippen LogP contribution is -2.28. The number of carbonyl (C=O) groups is 1. The Hall–Kier alpha value is -1.03. The number of thiazole rings is 1. The molecular formula is C10H16N2O5S2. The second kappa shape index (κ2) is 6.94. The van der Waals surface area contributed by atoms with Gasteiger partial charge < -0.3 is 9.84 Å². The van der Waals surface area contributed by atoms with Crippen molar-refractivity contribution in [3.8, 4) is 0 Å². The van der Waals surface area contributed by atoms with Gasteiger partial charge in [-0.2, -0.15) is 0 Å². The van der Waals surface area contributed by atoms with Crippen molar-refractivity contribution < 1.29 is 23.1 Å². The van der Waals surface area contributed by atoms with E-state index in [9.17, 15) is 13.2 Å². The molecule has 2 N–H and O–H groups in total. The van der Waals surface area contributed by atoms with E-state index < -0.39 is 21.7 Å². The molecule has 0 saturated carbocycles. The number of carboxylic acids is 1. The zero-order valence-corrected chi connectivity index (χ0v) is 12.3. The van der Waals surface area contributed by atoms with E-state index in [0.717, 1.165) is 11.3 Å². The van der Waals surface area contributed by atoms with Gasteiger partial charge in [-0.1, -0.05) is 13.8 Å². The number of carboxylic acid groups (broad SMARTS) is 1. The van der Waals surface area contributed by atoms with Crippen LogP contribution in [0.2, 0.25) is 0 Å². The van der Waals surface area contributed by atoms with E-state index >= 15 is 0 Å². The van der Waals surface area contributed by atoms with Gasteiger partial charge in [0.1, 0.15) is 0 Å². The van der Waals surface area contributed by atoms with Crippen molar-refractivity contribution in [2.75, 3.05) is 19.8 Å². The Morgan fingerprint density at radius 2 is 2.26 bits per heavy atom. The van der Waals surface area contributed by atoms with E-state index in [1.807, 2.05) is 13.8 Å². The number of aromatic nitrogens is 1. The maximum atomic E-state index is 11.9. The lowest BCUT2D eigenvalue weighted by atomic mass is 10.2. The van der Waals surface area contributed by atoms with Crippen molar-refractivity contribution in [3.63, 3.8) is 0 Å². The third kappa shape index (κ3) is 4.86. The number of nitrogens with zero attached hydrogens (tertiary/aromatic N) is 1. The van der Waals surface area contributed by atoms with E-state index in [4.69, 9.17) is 9.84 Å². The Morgan fingerprint density at radius 1 is 1.58 bits per heavy atom. The van der Waals surface area contributed by atoms with E-state index in [2.05, 4.69) is 9.71 Å². The molecule has 0 atom stereocenters. The van der Waals surface area contributed by atoms with Crippen LogP contribution in [0.4, 0.5) is 0 Å². The molecule has 108 valence electrons. The molecule has 1 aromatic heterocycles. The Balaban J connectivity index is 2.57. The summed E-state index contributed by atoms with van der Waals surface area (Å²) >= 11 is 0.770. The van der Waals surface area contributed by atoms with Crippen LogP contribution in [-0.4, -0.2) is 44.2 Å². The highest BCUT2D eigenvalue weighted by Crippen LogP contribution is 2.19. The van der Waals surface area contributed by atoms with Crippen molar-refractivity contribution in [1.82, 2.24) is 9.71 Å².